The Bertz CT molecular complexity index is 324. The molecule has 0 aromatic carbocycles. The summed E-state index contributed by atoms with van der Waals surface area (Å²) in [6.07, 6.45) is 4.27. The molecular formula is C11H13N3. The summed E-state index contributed by atoms with van der Waals surface area (Å²) in [5.41, 5.74) is 1.44. The van der Waals surface area contributed by atoms with Crippen molar-refractivity contribution < 1.29 is 0 Å². The molecule has 2 atom stereocenters. The smallest absolute Gasteiger partial charge is 0.128 e. The fourth-order valence-electron chi connectivity index (χ4n) is 2.62. The van der Waals surface area contributed by atoms with Crippen molar-refractivity contribution in [3.05, 3.63) is 11.1 Å². The van der Waals surface area contributed by atoms with E-state index in [0.29, 0.717) is 17.7 Å². The zero-order valence-electron chi connectivity index (χ0n) is 8.32. The Morgan fingerprint density at radius 2 is 1.71 bits per heavy atom. The van der Waals surface area contributed by atoms with Gasteiger partial charge in [-0.2, -0.15) is 10.5 Å². The topological polar surface area (TPSA) is 50.8 Å². The van der Waals surface area contributed by atoms with Crippen LogP contribution in [0.4, 0.5) is 0 Å². The Kier molecular flexibility index (Phi) is 2.27. The highest BCUT2D eigenvalue weighted by molar-refractivity contribution is 5.41. The zero-order chi connectivity index (χ0) is 10.1. The van der Waals surface area contributed by atoms with E-state index in [1.54, 1.807) is 0 Å². The zero-order valence-corrected chi connectivity index (χ0v) is 8.32. The first-order valence-corrected chi connectivity index (χ1v) is 5.00. The molecule has 2 aliphatic rings. The van der Waals surface area contributed by atoms with Gasteiger partial charge in [-0.25, -0.2) is 0 Å². The van der Waals surface area contributed by atoms with Crippen LogP contribution in [0, 0.1) is 22.7 Å². The van der Waals surface area contributed by atoms with Crippen LogP contribution in [-0.4, -0.2) is 24.0 Å². The number of nitrogens with zero attached hydrogens (tertiary/aromatic N) is 3. The molecule has 2 bridgehead atoms. The maximum Gasteiger partial charge on any atom is 0.128 e. The van der Waals surface area contributed by atoms with E-state index in [9.17, 15) is 0 Å². The molecule has 2 aliphatic heterocycles. The van der Waals surface area contributed by atoms with Gasteiger partial charge in [0, 0.05) is 12.1 Å². The number of fused-ring (bicyclic) bond motifs is 2. The molecule has 0 saturated carbocycles. The van der Waals surface area contributed by atoms with Gasteiger partial charge < -0.3 is 0 Å². The molecule has 0 aromatic rings. The summed E-state index contributed by atoms with van der Waals surface area (Å²) in [4.78, 5) is 2.40. The summed E-state index contributed by atoms with van der Waals surface area (Å²) in [5.74, 6) is 0. The molecule has 2 fully saturated rings. The van der Waals surface area contributed by atoms with Crippen LogP contribution in [0.2, 0.25) is 0 Å². The molecule has 0 radical (unpaired) electrons. The largest absolute Gasteiger partial charge is 0.300 e. The first-order chi connectivity index (χ1) is 6.76. The second kappa shape index (κ2) is 3.44. The highest BCUT2D eigenvalue weighted by Gasteiger charge is 2.36. The van der Waals surface area contributed by atoms with Crippen LogP contribution in [0.15, 0.2) is 11.1 Å². The van der Waals surface area contributed by atoms with Gasteiger partial charge in [-0.15, -0.1) is 0 Å². The number of piperidine rings is 1. The Morgan fingerprint density at radius 1 is 1.21 bits per heavy atom. The molecule has 3 heteroatoms. The molecule has 0 aliphatic carbocycles. The summed E-state index contributed by atoms with van der Waals surface area (Å²) in [6.45, 7) is 0. The quantitative estimate of drug-likeness (QED) is 0.541. The fraction of sp³-hybridized carbons (Fsp3) is 0.636. The van der Waals surface area contributed by atoms with Gasteiger partial charge in [-0.1, -0.05) is 0 Å². The van der Waals surface area contributed by atoms with Crippen LogP contribution in [-0.2, 0) is 0 Å². The molecule has 2 heterocycles. The second-order valence-electron chi connectivity index (χ2n) is 4.16. The summed E-state index contributed by atoms with van der Waals surface area (Å²) >= 11 is 0. The predicted octanol–water partition coefficient (Wildman–Crippen LogP) is 1.59. The number of rotatable bonds is 0. The number of hydrogen-bond donors (Lipinski definition) is 0. The Morgan fingerprint density at radius 3 is 2.14 bits per heavy atom. The van der Waals surface area contributed by atoms with Gasteiger partial charge in [-0.3, -0.25) is 4.90 Å². The summed E-state index contributed by atoms with van der Waals surface area (Å²) < 4.78 is 0. The van der Waals surface area contributed by atoms with Gasteiger partial charge in [0.25, 0.3) is 0 Å². The van der Waals surface area contributed by atoms with Crippen molar-refractivity contribution in [2.75, 3.05) is 7.05 Å². The van der Waals surface area contributed by atoms with Crippen LogP contribution in [0.5, 0.6) is 0 Å². The first-order valence-electron chi connectivity index (χ1n) is 5.00. The molecule has 2 saturated heterocycles. The highest BCUT2D eigenvalue weighted by Crippen LogP contribution is 2.37. The summed E-state index contributed by atoms with van der Waals surface area (Å²) in [7, 11) is 2.15. The van der Waals surface area contributed by atoms with E-state index in [4.69, 9.17) is 10.5 Å². The summed E-state index contributed by atoms with van der Waals surface area (Å²) in [5, 5.41) is 17.6. The predicted molar refractivity (Wildman–Crippen MR) is 52.1 cm³/mol. The van der Waals surface area contributed by atoms with Crippen LogP contribution in [0.3, 0.4) is 0 Å². The number of hydrogen-bond acceptors (Lipinski definition) is 3. The minimum atomic E-state index is 0.356. The molecular weight excluding hydrogens is 174 g/mol. The van der Waals surface area contributed by atoms with Crippen LogP contribution >= 0.6 is 0 Å². The molecule has 3 nitrogen and oxygen atoms in total. The van der Waals surface area contributed by atoms with E-state index in [0.717, 1.165) is 18.4 Å². The average molecular weight is 187 g/mol. The van der Waals surface area contributed by atoms with Crippen molar-refractivity contribution >= 4 is 0 Å². The lowest BCUT2D eigenvalue weighted by molar-refractivity contribution is 0.209. The molecule has 2 rings (SSSR count). The normalized spacial score (nSPS) is 30.9. The van der Waals surface area contributed by atoms with Crippen molar-refractivity contribution in [3.63, 3.8) is 0 Å². The monoisotopic (exact) mass is 187 g/mol. The number of nitriles is 2. The van der Waals surface area contributed by atoms with Crippen LogP contribution in [0.1, 0.15) is 25.7 Å². The van der Waals surface area contributed by atoms with E-state index in [1.165, 1.54) is 12.8 Å². The van der Waals surface area contributed by atoms with Crippen molar-refractivity contribution in [3.8, 4) is 12.1 Å². The maximum atomic E-state index is 8.79. The number of allylic oxidation sites excluding steroid dienone is 1. The van der Waals surface area contributed by atoms with Crippen molar-refractivity contribution in [2.24, 2.45) is 0 Å². The lowest BCUT2D eigenvalue weighted by Gasteiger charge is -2.32. The molecule has 14 heavy (non-hydrogen) atoms. The Hall–Kier alpha value is -1.32. The fourth-order valence-corrected chi connectivity index (χ4v) is 2.62. The van der Waals surface area contributed by atoms with Gasteiger partial charge in [0.1, 0.15) is 17.7 Å². The lowest BCUT2D eigenvalue weighted by atomic mass is 9.94. The van der Waals surface area contributed by atoms with Crippen molar-refractivity contribution in [2.45, 2.75) is 37.8 Å². The van der Waals surface area contributed by atoms with E-state index < -0.39 is 0 Å². The highest BCUT2D eigenvalue weighted by atomic mass is 15.2. The first kappa shape index (κ1) is 9.24. The van der Waals surface area contributed by atoms with Gasteiger partial charge in [0.05, 0.1) is 0 Å². The minimum Gasteiger partial charge on any atom is -0.300 e. The van der Waals surface area contributed by atoms with Gasteiger partial charge >= 0.3 is 0 Å². The van der Waals surface area contributed by atoms with Crippen molar-refractivity contribution in [1.82, 2.24) is 4.90 Å². The van der Waals surface area contributed by atoms with Gasteiger partial charge in [-0.05, 0) is 38.3 Å². The third kappa shape index (κ3) is 1.31. The summed E-state index contributed by atoms with van der Waals surface area (Å²) in [6, 6.07) is 5.15. The molecule has 72 valence electrons. The van der Waals surface area contributed by atoms with Crippen LogP contribution < -0.4 is 0 Å². The molecule has 0 unspecified atom stereocenters. The lowest BCUT2D eigenvalue weighted by Crippen LogP contribution is -2.37. The van der Waals surface area contributed by atoms with Gasteiger partial charge in [0.15, 0.2) is 0 Å². The van der Waals surface area contributed by atoms with E-state index in [1.807, 2.05) is 12.1 Å². The Labute approximate surface area is 84.2 Å². The van der Waals surface area contributed by atoms with E-state index in [2.05, 4.69) is 11.9 Å². The minimum absolute atomic E-state index is 0.356. The standard InChI is InChI=1S/C11H13N3/c1-14-10-2-3-11(14)5-8(4-10)9(6-12)7-13/h10-11H,2-5H2,1H3/t10-,11+. The van der Waals surface area contributed by atoms with E-state index >= 15 is 0 Å². The molecule has 0 amide bonds. The second-order valence-corrected chi connectivity index (χ2v) is 4.16. The third-order valence-electron chi connectivity index (χ3n) is 3.53. The third-order valence-corrected chi connectivity index (χ3v) is 3.53. The molecule has 0 spiro atoms. The average Bonchev–Trinajstić information content (AvgIpc) is 2.42. The van der Waals surface area contributed by atoms with Crippen molar-refractivity contribution in [1.29, 1.82) is 10.5 Å². The van der Waals surface area contributed by atoms with Crippen LogP contribution in [0.25, 0.3) is 0 Å². The Balaban J connectivity index is 2.26. The SMILES string of the molecule is CN1[C@@H]2CC[C@H]1CC(=C(C#N)C#N)C2. The van der Waals surface area contributed by atoms with Gasteiger partial charge in [0.2, 0.25) is 0 Å². The molecule has 0 aromatic heterocycles. The molecule has 0 N–H and O–H groups in total. The maximum absolute atomic E-state index is 8.79. The van der Waals surface area contributed by atoms with E-state index in [-0.39, 0.29) is 0 Å².